The molecule has 0 bridgehead atoms. The van der Waals surface area contributed by atoms with Crippen LogP contribution in [-0.4, -0.2) is 27.8 Å². The topological polar surface area (TPSA) is 73.2 Å². The third-order valence-electron chi connectivity index (χ3n) is 4.53. The van der Waals surface area contributed by atoms with Crippen molar-refractivity contribution in [2.75, 3.05) is 5.32 Å². The maximum Gasteiger partial charge on any atom is 0.331 e. The van der Waals surface area contributed by atoms with Gasteiger partial charge < -0.3 is 10.1 Å². The molecular weight excluding hydrogens is 385 g/mol. The van der Waals surface area contributed by atoms with Crippen molar-refractivity contribution in [1.29, 1.82) is 0 Å². The zero-order valence-corrected chi connectivity index (χ0v) is 16.9. The molecule has 7 heteroatoms. The molecule has 0 aliphatic rings. The number of ether oxygens (including phenoxy) is 1. The molecule has 1 unspecified atom stereocenters. The van der Waals surface area contributed by atoms with E-state index in [1.165, 1.54) is 31.2 Å². The van der Waals surface area contributed by atoms with Crippen molar-refractivity contribution >= 4 is 23.6 Å². The van der Waals surface area contributed by atoms with E-state index in [0.717, 1.165) is 22.6 Å². The Balaban J connectivity index is 1.65. The number of nitrogens with zero attached hydrogens (tertiary/aromatic N) is 2. The van der Waals surface area contributed by atoms with E-state index in [1.807, 2.05) is 44.2 Å². The molecule has 0 fully saturated rings. The van der Waals surface area contributed by atoms with Gasteiger partial charge in [0.25, 0.3) is 5.91 Å². The zero-order valence-electron chi connectivity index (χ0n) is 16.9. The molecule has 0 aliphatic heterocycles. The van der Waals surface area contributed by atoms with Crippen LogP contribution in [0.4, 0.5) is 10.1 Å². The summed E-state index contributed by atoms with van der Waals surface area (Å²) in [5, 5.41) is 6.92. The fourth-order valence-corrected chi connectivity index (χ4v) is 2.93. The van der Waals surface area contributed by atoms with Crippen LogP contribution in [0.15, 0.2) is 60.7 Å². The predicted molar refractivity (Wildman–Crippen MR) is 113 cm³/mol. The quantitative estimate of drug-likeness (QED) is 0.491. The number of esters is 1. The summed E-state index contributed by atoms with van der Waals surface area (Å²) in [6.07, 6.45) is 1.77. The average Bonchev–Trinajstić information content (AvgIpc) is 3.02. The molecule has 3 rings (SSSR count). The molecule has 1 aromatic heterocycles. The van der Waals surface area contributed by atoms with E-state index in [-0.39, 0.29) is 5.69 Å². The van der Waals surface area contributed by atoms with Gasteiger partial charge in [-0.1, -0.05) is 30.3 Å². The number of rotatable bonds is 6. The van der Waals surface area contributed by atoms with Crippen molar-refractivity contribution in [3.05, 3.63) is 83.4 Å². The van der Waals surface area contributed by atoms with Gasteiger partial charge in [0.15, 0.2) is 6.10 Å². The first-order valence-corrected chi connectivity index (χ1v) is 9.42. The van der Waals surface area contributed by atoms with Crippen molar-refractivity contribution in [3.63, 3.8) is 0 Å². The number of amides is 1. The van der Waals surface area contributed by atoms with Crippen LogP contribution in [0.3, 0.4) is 0 Å². The number of carbonyl (C=O) groups excluding carboxylic acids is 2. The largest absolute Gasteiger partial charge is 0.449 e. The van der Waals surface area contributed by atoms with E-state index < -0.39 is 23.8 Å². The molecule has 0 saturated carbocycles. The second-order valence-corrected chi connectivity index (χ2v) is 6.71. The minimum atomic E-state index is -1.09. The molecule has 1 N–H and O–H groups in total. The van der Waals surface area contributed by atoms with E-state index in [2.05, 4.69) is 10.4 Å². The minimum Gasteiger partial charge on any atom is -0.449 e. The first-order chi connectivity index (χ1) is 14.4. The van der Waals surface area contributed by atoms with E-state index in [1.54, 1.807) is 16.8 Å². The SMILES string of the molecule is Cc1nn(-c2ccccc2)c(C)c1/C=C/C(=O)OC(C)C(=O)Nc1ccccc1F. The highest BCUT2D eigenvalue weighted by atomic mass is 19.1. The Bertz CT molecular complexity index is 1090. The Hall–Kier alpha value is -3.74. The maximum atomic E-state index is 13.6. The Morgan fingerprint density at radius 3 is 2.47 bits per heavy atom. The second kappa shape index (κ2) is 9.17. The molecule has 0 aliphatic carbocycles. The Labute approximate surface area is 174 Å². The van der Waals surface area contributed by atoms with Gasteiger partial charge in [-0.25, -0.2) is 13.9 Å². The Morgan fingerprint density at radius 1 is 1.10 bits per heavy atom. The summed E-state index contributed by atoms with van der Waals surface area (Å²) in [4.78, 5) is 24.3. The fraction of sp³-hybridized carbons (Fsp3) is 0.174. The third-order valence-corrected chi connectivity index (χ3v) is 4.53. The molecule has 0 spiro atoms. The van der Waals surface area contributed by atoms with Crippen LogP contribution in [0.2, 0.25) is 0 Å². The summed E-state index contributed by atoms with van der Waals surface area (Å²) in [5.41, 5.74) is 3.36. The predicted octanol–water partition coefficient (Wildman–Crippen LogP) is 4.21. The number of para-hydroxylation sites is 2. The summed E-state index contributed by atoms with van der Waals surface area (Å²) in [5.74, 6) is -1.87. The van der Waals surface area contributed by atoms with Gasteiger partial charge in [0, 0.05) is 17.3 Å². The number of hydrogen-bond donors (Lipinski definition) is 1. The van der Waals surface area contributed by atoms with Gasteiger partial charge >= 0.3 is 5.97 Å². The van der Waals surface area contributed by atoms with Crippen LogP contribution in [0.25, 0.3) is 11.8 Å². The Kier molecular flexibility index (Phi) is 6.41. The van der Waals surface area contributed by atoms with Crippen molar-refractivity contribution in [1.82, 2.24) is 9.78 Å². The lowest BCUT2D eigenvalue weighted by Crippen LogP contribution is -2.29. The number of hydrogen-bond acceptors (Lipinski definition) is 4. The number of benzene rings is 2. The van der Waals surface area contributed by atoms with Crippen LogP contribution in [0.5, 0.6) is 0 Å². The van der Waals surface area contributed by atoms with Crippen molar-refractivity contribution in [2.24, 2.45) is 0 Å². The number of halogens is 1. The van der Waals surface area contributed by atoms with Gasteiger partial charge in [-0.15, -0.1) is 0 Å². The van der Waals surface area contributed by atoms with Crippen LogP contribution in [-0.2, 0) is 14.3 Å². The molecule has 1 amide bonds. The minimum absolute atomic E-state index is 0.0283. The van der Waals surface area contributed by atoms with Crippen molar-refractivity contribution in [3.8, 4) is 5.69 Å². The van der Waals surface area contributed by atoms with E-state index in [0.29, 0.717) is 0 Å². The van der Waals surface area contributed by atoms with Crippen LogP contribution in [0.1, 0.15) is 23.9 Å². The highest BCUT2D eigenvalue weighted by Gasteiger charge is 2.18. The van der Waals surface area contributed by atoms with E-state index in [4.69, 9.17) is 4.74 Å². The van der Waals surface area contributed by atoms with Gasteiger partial charge in [-0.3, -0.25) is 4.79 Å². The molecule has 1 atom stereocenters. The number of aromatic nitrogens is 2. The monoisotopic (exact) mass is 407 g/mol. The molecule has 0 saturated heterocycles. The molecule has 6 nitrogen and oxygen atoms in total. The van der Waals surface area contributed by atoms with Gasteiger partial charge in [-0.05, 0) is 51.1 Å². The van der Waals surface area contributed by atoms with Gasteiger partial charge in [0.2, 0.25) is 0 Å². The zero-order chi connectivity index (χ0) is 21.7. The summed E-state index contributed by atoms with van der Waals surface area (Å²) >= 11 is 0. The Morgan fingerprint density at radius 2 is 1.77 bits per heavy atom. The maximum absolute atomic E-state index is 13.6. The van der Waals surface area contributed by atoms with Gasteiger partial charge in [0.05, 0.1) is 17.1 Å². The lowest BCUT2D eigenvalue weighted by molar-refractivity contribution is -0.148. The summed E-state index contributed by atoms with van der Waals surface area (Å²) in [6, 6.07) is 15.4. The molecule has 154 valence electrons. The fourth-order valence-electron chi connectivity index (χ4n) is 2.93. The van der Waals surface area contributed by atoms with Crippen LogP contribution < -0.4 is 5.32 Å². The van der Waals surface area contributed by atoms with Gasteiger partial charge in [0.1, 0.15) is 5.82 Å². The van der Waals surface area contributed by atoms with Gasteiger partial charge in [-0.2, -0.15) is 5.10 Å². The number of carbonyl (C=O) groups is 2. The first kappa shape index (κ1) is 21.0. The van der Waals surface area contributed by atoms with E-state index >= 15 is 0 Å². The second-order valence-electron chi connectivity index (χ2n) is 6.71. The van der Waals surface area contributed by atoms with Crippen molar-refractivity contribution < 1.29 is 18.7 Å². The smallest absolute Gasteiger partial charge is 0.331 e. The summed E-state index contributed by atoms with van der Waals surface area (Å²) < 4.78 is 20.6. The third kappa shape index (κ3) is 4.81. The van der Waals surface area contributed by atoms with E-state index in [9.17, 15) is 14.0 Å². The molecule has 30 heavy (non-hydrogen) atoms. The molecule has 3 aromatic rings. The number of aryl methyl sites for hydroxylation is 1. The van der Waals surface area contributed by atoms with Crippen LogP contribution >= 0.6 is 0 Å². The summed E-state index contributed by atoms with van der Waals surface area (Å²) in [6.45, 7) is 5.18. The molecule has 0 radical (unpaired) electrons. The molecule has 2 aromatic carbocycles. The highest BCUT2D eigenvalue weighted by Crippen LogP contribution is 2.19. The lowest BCUT2D eigenvalue weighted by Gasteiger charge is -2.12. The standard InChI is InChI=1S/C23H22FN3O3/c1-15-19(16(2)27(26-15)18-9-5-4-6-10-18)13-14-22(28)30-17(3)23(29)25-21-12-8-7-11-20(21)24/h4-14,17H,1-3H3,(H,25,29)/b14-13+. The van der Waals surface area contributed by atoms with Crippen LogP contribution in [0, 0.1) is 19.7 Å². The lowest BCUT2D eigenvalue weighted by atomic mass is 10.2. The van der Waals surface area contributed by atoms with Crippen molar-refractivity contribution in [2.45, 2.75) is 26.9 Å². The molecule has 1 heterocycles. The number of nitrogens with one attached hydrogen (secondary N) is 1. The summed E-state index contributed by atoms with van der Waals surface area (Å²) in [7, 11) is 0. The first-order valence-electron chi connectivity index (χ1n) is 9.42. The highest BCUT2D eigenvalue weighted by molar-refractivity contribution is 5.96. The molecular formula is C23H22FN3O3. The number of anilines is 1. The average molecular weight is 407 g/mol. The normalized spacial score (nSPS) is 12.0.